The SMILES string of the molecule is O=C(O)N1CCC(C(=O)N2CCN(c3ncnc4[nH]cc(Br)c34)CC2)(c2cccc(Br)c2)CC1. The van der Waals surface area contributed by atoms with Crippen LogP contribution in [0.15, 0.2) is 45.7 Å². The Balaban J connectivity index is 1.38. The predicted octanol–water partition coefficient (Wildman–Crippen LogP) is 3.84. The first kappa shape index (κ1) is 23.1. The minimum absolute atomic E-state index is 0.0750. The second-order valence-electron chi connectivity index (χ2n) is 8.70. The van der Waals surface area contributed by atoms with Gasteiger partial charge in [-0.3, -0.25) is 4.79 Å². The Morgan fingerprint density at radius 3 is 2.41 bits per heavy atom. The summed E-state index contributed by atoms with van der Waals surface area (Å²) >= 11 is 7.11. The smallest absolute Gasteiger partial charge is 0.407 e. The highest BCUT2D eigenvalue weighted by molar-refractivity contribution is 9.11. The molecule has 1 aromatic carbocycles. The monoisotopic (exact) mass is 590 g/mol. The van der Waals surface area contributed by atoms with Crippen LogP contribution in [0.1, 0.15) is 18.4 Å². The number of nitrogens with zero attached hydrogens (tertiary/aromatic N) is 5. The van der Waals surface area contributed by atoms with Crippen molar-refractivity contribution in [3.63, 3.8) is 0 Å². The third kappa shape index (κ3) is 4.04. The molecule has 9 nitrogen and oxygen atoms in total. The van der Waals surface area contributed by atoms with E-state index in [0.29, 0.717) is 52.1 Å². The summed E-state index contributed by atoms with van der Waals surface area (Å²) < 4.78 is 1.82. The Morgan fingerprint density at radius 2 is 1.74 bits per heavy atom. The van der Waals surface area contributed by atoms with Crippen molar-refractivity contribution in [2.45, 2.75) is 18.3 Å². The highest BCUT2D eigenvalue weighted by Gasteiger charge is 2.46. The summed E-state index contributed by atoms with van der Waals surface area (Å²) in [6.07, 6.45) is 3.41. The van der Waals surface area contributed by atoms with Crippen molar-refractivity contribution < 1.29 is 14.7 Å². The number of fused-ring (bicyclic) bond motifs is 1. The molecular formula is C23H24Br2N6O3. The van der Waals surface area contributed by atoms with Crippen LogP contribution < -0.4 is 4.90 Å². The van der Waals surface area contributed by atoms with Crippen molar-refractivity contribution in [1.29, 1.82) is 0 Å². The van der Waals surface area contributed by atoms with Gasteiger partial charge in [0.2, 0.25) is 5.91 Å². The molecule has 0 bridgehead atoms. The van der Waals surface area contributed by atoms with Crippen molar-refractivity contribution in [2.75, 3.05) is 44.2 Å². The average Bonchev–Trinajstić information content (AvgIpc) is 3.24. The molecule has 0 saturated carbocycles. The number of carboxylic acid groups (broad SMARTS) is 1. The number of amides is 2. The van der Waals surface area contributed by atoms with E-state index < -0.39 is 11.5 Å². The van der Waals surface area contributed by atoms with Crippen LogP contribution >= 0.6 is 31.9 Å². The lowest BCUT2D eigenvalue weighted by molar-refractivity contribution is -0.139. The fraction of sp³-hybridized carbons (Fsp3) is 0.391. The molecule has 0 spiro atoms. The zero-order valence-electron chi connectivity index (χ0n) is 18.4. The molecule has 0 aliphatic carbocycles. The molecule has 2 saturated heterocycles. The zero-order valence-corrected chi connectivity index (χ0v) is 21.5. The van der Waals surface area contributed by atoms with Crippen LogP contribution in [-0.4, -0.2) is 81.1 Å². The van der Waals surface area contributed by atoms with Gasteiger partial charge in [-0.25, -0.2) is 14.8 Å². The molecule has 2 aliphatic rings. The lowest BCUT2D eigenvalue weighted by Crippen LogP contribution is -2.58. The molecule has 5 rings (SSSR count). The molecular weight excluding hydrogens is 568 g/mol. The lowest BCUT2D eigenvalue weighted by atomic mass is 9.71. The van der Waals surface area contributed by atoms with E-state index in [1.807, 2.05) is 35.4 Å². The Bertz CT molecular complexity index is 1230. The second kappa shape index (κ2) is 9.18. The number of piperazine rings is 1. The van der Waals surface area contributed by atoms with Crippen LogP contribution in [0.4, 0.5) is 10.6 Å². The maximum atomic E-state index is 14.0. The summed E-state index contributed by atoms with van der Waals surface area (Å²) in [6.45, 7) is 3.15. The largest absolute Gasteiger partial charge is 0.465 e. The Kier molecular flexibility index (Phi) is 6.24. The third-order valence-corrected chi connectivity index (χ3v) is 8.06. The van der Waals surface area contributed by atoms with E-state index >= 15 is 0 Å². The van der Waals surface area contributed by atoms with Crippen LogP contribution in [0.3, 0.4) is 0 Å². The maximum Gasteiger partial charge on any atom is 0.407 e. The van der Waals surface area contributed by atoms with Crippen molar-refractivity contribution in [3.8, 4) is 0 Å². The second-order valence-corrected chi connectivity index (χ2v) is 10.5. The fourth-order valence-corrected chi connectivity index (χ4v) is 5.94. The standard InChI is InChI=1S/C23H24Br2N6O3/c24-16-3-1-2-15(12-16)23(4-6-31(7-5-23)22(33)34)21(32)30-10-8-29(9-11-30)20-18-17(25)13-26-19(18)27-14-28-20/h1-3,12-14H,4-11H2,(H,33,34)(H,26,27,28). The number of rotatable bonds is 3. The first-order chi connectivity index (χ1) is 16.4. The number of likely N-dealkylation sites (tertiary alicyclic amines) is 1. The van der Waals surface area contributed by atoms with E-state index in [9.17, 15) is 14.7 Å². The summed E-state index contributed by atoms with van der Waals surface area (Å²) in [6, 6.07) is 7.85. The molecule has 2 N–H and O–H groups in total. The Morgan fingerprint density at radius 1 is 1.00 bits per heavy atom. The van der Waals surface area contributed by atoms with Gasteiger partial charge in [-0.15, -0.1) is 0 Å². The summed E-state index contributed by atoms with van der Waals surface area (Å²) in [5, 5.41) is 10.4. The quantitative estimate of drug-likeness (QED) is 0.479. The Labute approximate surface area is 213 Å². The third-order valence-electron chi connectivity index (χ3n) is 6.94. The number of piperidine rings is 1. The van der Waals surface area contributed by atoms with Crippen LogP contribution in [-0.2, 0) is 10.2 Å². The van der Waals surface area contributed by atoms with Gasteiger partial charge in [0.1, 0.15) is 17.8 Å². The number of aromatic nitrogens is 3. The molecule has 0 atom stereocenters. The van der Waals surface area contributed by atoms with Gasteiger partial charge in [-0.05, 0) is 46.5 Å². The van der Waals surface area contributed by atoms with Crippen LogP contribution in [0.5, 0.6) is 0 Å². The van der Waals surface area contributed by atoms with E-state index in [1.165, 1.54) is 4.90 Å². The van der Waals surface area contributed by atoms with Crippen molar-refractivity contribution >= 4 is 60.7 Å². The number of aromatic amines is 1. The number of carbonyl (C=O) groups is 2. The van der Waals surface area contributed by atoms with Gasteiger partial charge in [0.15, 0.2) is 0 Å². The fourth-order valence-electron chi connectivity index (χ4n) is 5.07. The normalized spacial score (nSPS) is 18.4. The first-order valence-corrected chi connectivity index (χ1v) is 12.7. The highest BCUT2D eigenvalue weighted by Crippen LogP contribution is 2.39. The molecule has 4 heterocycles. The highest BCUT2D eigenvalue weighted by atomic mass is 79.9. The zero-order chi connectivity index (χ0) is 23.9. The molecule has 2 aliphatic heterocycles. The van der Waals surface area contributed by atoms with Crippen molar-refractivity contribution in [3.05, 3.63) is 51.3 Å². The summed E-state index contributed by atoms with van der Waals surface area (Å²) in [5.41, 5.74) is 0.978. The topological polar surface area (TPSA) is 106 Å². The molecule has 2 aromatic heterocycles. The van der Waals surface area contributed by atoms with Gasteiger partial charge < -0.3 is 24.8 Å². The van der Waals surface area contributed by atoms with E-state index in [-0.39, 0.29) is 5.91 Å². The lowest BCUT2D eigenvalue weighted by Gasteiger charge is -2.45. The number of halogens is 2. The number of benzene rings is 1. The first-order valence-electron chi connectivity index (χ1n) is 11.1. The van der Waals surface area contributed by atoms with Crippen LogP contribution in [0, 0.1) is 0 Å². The molecule has 34 heavy (non-hydrogen) atoms. The van der Waals surface area contributed by atoms with Gasteiger partial charge in [0.25, 0.3) is 0 Å². The molecule has 2 amide bonds. The number of anilines is 1. The number of H-pyrrole nitrogens is 1. The molecule has 0 radical (unpaired) electrons. The van der Waals surface area contributed by atoms with Gasteiger partial charge in [-0.2, -0.15) is 0 Å². The predicted molar refractivity (Wildman–Crippen MR) is 135 cm³/mol. The van der Waals surface area contributed by atoms with Crippen molar-refractivity contribution in [2.24, 2.45) is 0 Å². The van der Waals surface area contributed by atoms with Gasteiger partial charge >= 0.3 is 6.09 Å². The maximum absolute atomic E-state index is 14.0. The summed E-state index contributed by atoms with van der Waals surface area (Å²) in [5.74, 6) is 0.924. The number of hydrogen-bond donors (Lipinski definition) is 2. The summed E-state index contributed by atoms with van der Waals surface area (Å²) in [7, 11) is 0. The average molecular weight is 592 g/mol. The van der Waals surface area contributed by atoms with Crippen molar-refractivity contribution in [1.82, 2.24) is 24.8 Å². The van der Waals surface area contributed by atoms with Gasteiger partial charge in [0.05, 0.1) is 10.8 Å². The van der Waals surface area contributed by atoms with Crippen LogP contribution in [0.25, 0.3) is 11.0 Å². The Hall–Kier alpha value is -2.66. The molecule has 3 aromatic rings. The molecule has 178 valence electrons. The van der Waals surface area contributed by atoms with E-state index in [2.05, 4.69) is 51.7 Å². The van der Waals surface area contributed by atoms with Gasteiger partial charge in [0, 0.05) is 54.4 Å². The minimum Gasteiger partial charge on any atom is -0.465 e. The molecule has 2 fully saturated rings. The summed E-state index contributed by atoms with van der Waals surface area (Å²) in [4.78, 5) is 43.0. The number of carbonyl (C=O) groups excluding carboxylic acids is 1. The minimum atomic E-state index is -0.934. The van der Waals surface area contributed by atoms with E-state index in [1.54, 1.807) is 6.33 Å². The number of nitrogens with one attached hydrogen (secondary N) is 1. The van der Waals surface area contributed by atoms with E-state index in [0.717, 1.165) is 31.4 Å². The molecule has 11 heteroatoms. The van der Waals surface area contributed by atoms with Gasteiger partial charge in [-0.1, -0.05) is 28.1 Å². The van der Waals surface area contributed by atoms with Crippen LogP contribution in [0.2, 0.25) is 0 Å². The molecule has 0 unspecified atom stereocenters. The number of hydrogen-bond acceptors (Lipinski definition) is 5. The van der Waals surface area contributed by atoms with E-state index in [4.69, 9.17) is 0 Å².